The van der Waals surface area contributed by atoms with E-state index in [-0.39, 0.29) is 51.1 Å². The zero-order chi connectivity index (χ0) is 30.5. The smallest absolute Gasteiger partial charge is 0.249 e. The van der Waals surface area contributed by atoms with Crippen LogP contribution in [0.15, 0.2) is 51.9 Å². The second kappa shape index (κ2) is 11.0. The number of allylic oxidation sites excluding steroid dienone is 4. The van der Waals surface area contributed by atoms with Crippen LogP contribution in [0.5, 0.6) is 17.2 Å². The Bertz CT molecular complexity index is 1730. The summed E-state index contributed by atoms with van der Waals surface area (Å²) in [5.41, 5.74) is -1.02. The Morgan fingerprint density at radius 3 is 2.57 bits per heavy atom. The van der Waals surface area contributed by atoms with Gasteiger partial charge in [0.15, 0.2) is 17.3 Å². The summed E-state index contributed by atoms with van der Waals surface area (Å²) >= 11 is 7.91. The molecule has 0 bridgehead atoms. The molecular weight excluding hydrogens is 582 g/mol. The number of carbonyl (C=O) groups excluding carboxylic acids is 3. The summed E-state index contributed by atoms with van der Waals surface area (Å²) in [5.74, 6) is -1.50. The topological polar surface area (TPSA) is 152 Å². The van der Waals surface area contributed by atoms with Gasteiger partial charge in [0.25, 0.3) is 0 Å². The average molecular weight is 610 g/mol. The molecule has 1 aliphatic heterocycles. The number of benzene rings is 2. The number of phenols is 2. The van der Waals surface area contributed by atoms with E-state index in [1.807, 2.05) is 12.3 Å². The number of aromatic hydroxyl groups is 2. The molecule has 0 spiro atoms. The summed E-state index contributed by atoms with van der Waals surface area (Å²) in [6.45, 7) is 5.79. The first kappa shape index (κ1) is 29.4. The van der Waals surface area contributed by atoms with E-state index in [2.05, 4.69) is 15.5 Å². The van der Waals surface area contributed by atoms with Crippen molar-refractivity contribution in [3.05, 3.63) is 75.0 Å². The molecule has 1 aromatic heterocycles. The molecule has 12 heteroatoms. The highest BCUT2D eigenvalue weighted by Gasteiger charge is 2.56. The normalized spacial score (nSPS) is 19.5. The van der Waals surface area contributed by atoms with E-state index in [1.165, 1.54) is 26.8 Å². The molecule has 10 nitrogen and oxygen atoms in total. The van der Waals surface area contributed by atoms with E-state index in [4.69, 9.17) is 20.9 Å². The molecule has 2 aromatic carbocycles. The van der Waals surface area contributed by atoms with E-state index in [0.717, 1.165) is 0 Å². The lowest BCUT2D eigenvalue weighted by molar-refractivity contribution is -0.123. The van der Waals surface area contributed by atoms with Crippen molar-refractivity contribution in [2.45, 2.75) is 45.6 Å². The standard InChI is InChI=1S/C30H28ClN3O7S/c1-13-24(37)22(15(3)35)26-23(25(13)38)30(4)20(40-26)12-19(36)21(27(30)39)14(2)32-18(10-11-42-5)29-33-28(34-41-29)16-8-6-7-9-17(16)31/h6-9,12,18,32,37-38H,10-11H2,1-5H3/t18?,30-/m0/s1. The van der Waals surface area contributed by atoms with E-state index >= 15 is 0 Å². The molecule has 2 atom stereocenters. The maximum Gasteiger partial charge on any atom is 0.249 e. The van der Waals surface area contributed by atoms with Gasteiger partial charge in [0.05, 0.1) is 16.2 Å². The fraction of sp³-hybridized carbons (Fsp3) is 0.300. The lowest BCUT2D eigenvalue weighted by Crippen LogP contribution is -2.41. The number of Topliss-reactive ketones (excluding diaryl/α,β-unsaturated/α-hetero) is 2. The van der Waals surface area contributed by atoms with Crippen LogP contribution < -0.4 is 10.1 Å². The molecule has 1 aliphatic carbocycles. The van der Waals surface area contributed by atoms with Gasteiger partial charge in [-0.25, -0.2) is 0 Å². The lowest BCUT2D eigenvalue weighted by atomic mass is 9.70. The van der Waals surface area contributed by atoms with Crippen LogP contribution >= 0.6 is 23.4 Å². The molecule has 42 heavy (non-hydrogen) atoms. The van der Waals surface area contributed by atoms with Crippen LogP contribution in [-0.2, 0) is 15.0 Å². The predicted molar refractivity (Wildman–Crippen MR) is 157 cm³/mol. The third-order valence-electron chi connectivity index (χ3n) is 7.62. The minimum Gasteiger partial charge on any atom is -0.507 e. The monoisotopic (exact) mass is 609 g/mol. The summed E-state index contributed by atoms with van der Waals surface area (Å²) in [6.07, 6.45) is 3.66. The Hall–Kier alpha value is -4.09. The van der Waals surface area contributed by atoms with Crippen molar-refractivity contribution in [2.75, 3.05) is 12.0 Å². The van der Waals surface area contributed by atoms with Crippen LogP contribution in [0, 0.1) is 6.92 Å². The highest BCUT2D eigenvalue weighted by atomic mass is 35.5. The van der Waals surface area contributed by atoms with Crippen molar-refractivity contribution in [3.63, 3.8) is 0 Å². The highest BCUT2D eigenvalue weighted by molar-refractivity contribution is 7.98. The predicted octanol–water partition coefficient (Wildman–Crippen LogP) is 5.36. The number of carbonyl (C=O) groups is 3. The molecule has 1 unspecified atom stereocenters. The third-order valence-corrected chi connectivity index (χ3v) is 8.59. The van der Waals surface area contributed by atoms with Gasteiger partial charge >= 0.3 is 0 Å². The Labute approximate surface area is 250 Å². The van der Waals surface area contributed by atoms with Gasteiger partial charge in [-0.3, -0.25) is 14.4 Å². The summed E-state index contributed by atoms with van der Waals surface area (Å²) in [4.78, 5) is 44.5. The molecule has 2 aliphatic rings. The summed E-state index contributed by atoms with van der Waals surface area (Å²) in [6, 6.07) is 6.55. The van der Waals surface area contributed by atoms with Gasteiger partial charge in [-0.15, -0.1) is 0 Å². The Kier molecular flexibility index (Phi) is 7.67. The second-order valence-electron chi connectivity index (χ2n) is 10.3. The Morgan fingerprint density at radius 2 is 1.90 bits per heavy atom. The van der Waals surface area contributed by atoms with Gasteiger partial charge in [0, 0.05) is 22.9 Å². The molecule has 0 fully saturated rings. The van der Waals surface area contributed by atoms with Crippen molar-refractivity contribution < 1.29 is 33.9 Å². The number of ether oxygens (including phenoxy) is 1. The number of nitrogens with zero attached hydrogens (tertiary/aromatic N) is 2. The first-order valence-electron chi connectivity index (χ1n) is 13.1. The first-order chi connectivity index (χ1) is 19.9. The minimum atomic E-state index is -1.62. The summed E-state index contributed by atoms with van der Waals surface area (Å²) in [5, 5.41) is 29.4. The van der Waals surface area contributed by atoms with Gasteiger partial charge in [0.2, 0.25) is 11.7 Å². The van der Waals surface area contributed by atoms with Gasteiger partial charge in [-0.05, 0) is 58.3 Å². The molecular formula is C30H28ClN3O7S. The fourth-order valence-corrected chi connectivity index (χ4v) is 6.01. The highest BCUT2D eigenvalue weighted by Crippen LogP contribution is 2.57. The molecule has 3 aromatic rings. The molecule has 0 saturated carbocycles. The van der Waals surface area contributed by atoms with Crippen molar-refractivity contribution in [1.29, 1.82) is 0 Å². The van der Waals surface area contributed by atoms with Gasteiger partial charge < -0.3 is 24.8 Å². The van der Waals surface area contributed by atoms with Crippen LogP contribution in [0.25, 0.3) is 11.4 Å². The molecule has 5 rings (SSSR count). The van der Waals surface area contributed by atoms with Gasteiger partial charge in [-0.1, -0.05) is 28.9 Å². The van der Waals surface area contributed by atoms with E-state index in [0.29, 0.717) is 28.6 Å². The number of ketones is 3. The van der Waals surface area contributed by atoms with Crippen LogP contribution in [-0.4, -0.2) is 49.7 Å². The number of fused-ring (bicyclic) bond motifs is 3. The molecule has 0 amide bonds. The molecule has 3 N–H and O–H groups in total. The van der Waals surface area contributed by atoms with Crippen LogP contribution in [0.3, 0.4) is 0 Å². The van der Waals surface area contributed by atoms with E-state index in [1.54, 1.807) is 36.9 Å². The maximum absolute atomic E-state index is 14.2. The van der Waals surface area contributed by atoms with E-state index in [9.17, 15) is 24.6 Å². The van der Waals surface area contributed by atoms with Crippen LogP contribution in [0.1, 0.15) is 60.6 Å². The quantitative estimate of drug-likeness (QED) is 0.172. The number of nitrogens with one attached hydrogen (secondary N) is 1. The molecule has 0 saturated heterocycles. The fourth-order valence-electron chi connectivity index (χ4n) is 5.32. The molecule has 2 heterocycles. The zero-order valence-electron chi connectivity index (χ0n) is 23.5. The van der Waals surface area contributed by atoms with Crippen molar-refractivity contribution in [2.24, 2.45) is 0 Å². The van der Waals surface area contributed by atoms with Crippen LogP contribution in [0.2, 0.25) is 5.02 Å². The Morgan fingerprint density at radius 1 is 1.19 bits per heavy atom. The summed E-state index contributed by atoms with van der Waals surface area (Å²) < 4.78 is 11.4. The van der Waals surface area contributed by atoms with Crippen molar-refractivity contribution in [1.82, 2.24) is 15.5 Å². The van der Waals surface area contributed by atoms with Crippen molar-refractivity contribution in [3.8, 4) is 28.6 Å². The number of rotatable bonds is 8. The number of aromatic nitrogens is 2. The zero-order valence-corrected chi connectivity index (χ0v) is 25.1. The van der Waals surface area contributed by atoms with Gasteiger partial charge in [-0.2, -0.15) is 16.7 Å². The van der Waals surface area contributed by atoms with E-state index < -0.39 is 34.6 Å². The number of thioether (sulfide) groups is 1. The number of hydrogen-bond donors (Lipinski definition) is 3. The van der Waals surface area contributed by atoms with Crippen LogP contribution in [0.4, 0.5) is 0 Å². The number of hydrogen-bond acceptors (Lipinski definition) is 11. The van der Waals surface area contributed by atoms with Gasteiger partial charge in [0.1, 0.15) is 40.0 Å². The molecule has 218 valence electrons. The first-order valence-corrected chi connectivity index (χ1v) is 14.8. The Balaban J connectivity index is 1.56. The minimum absolute atomic E-state index is 0.0252. The largest absolute Gasteiger partial charge is 0.507 e. The third kappa shape index (κ3) is 4.57. The number of phenolic OH excluding ortho intramolecular Hbond substituents is 2. The second-order valence-corrected chi connectivity index (χ2v) is 11.7. The average Bonchev–Trinajstić information content (AvgIpc) is 3.53. The lowest BCUT2D eigenvalue weighted by Gasteiger charge is -2.29. The maximum atomic E-state index is 14.2. The number of halogens is 1. The molecule has 0 radical (unpaired) electrons. The summed E-state index contributed by atoms with van der Waals surface area (Å²) in [7, 11) is 0. The van der Waals surface area contributed by atoms with Crippen molar-refractivity contribution >= 4 is 40.7 Å². The SMILES string of the molecule is CSCCC(NC(C)=C1C(=O)C=C2Oc3c(C(C)=O)c(O)c(C)c(O)c3[C@@]2(C)C1=O)c1nc(-c2ccccc2Cl)no1.